The summed E-state index contributed by atoms with van der Waals surface area (Å²) in [5.74, 6) is 0.879. The summed E-state index contributed by atoms with van der Waals surface area (Å²) in [6, 6.07) is 4.04. The first kappa shape index (κ1) is 18.5. The van der Waals surface area contributed by atoms with E-state index in [0.29, 0.717) is 24.5 Å². The van der Waals surface area contributed by atoms with Crippen LogP contribution < -0.4 is 4.72 Å². The number of aromatic nitrogens is 3. The molecule has 0 unspecified atom stereocenters. The average molecular weight is 417 g/mol. The van der Waals surface area contributed by atoms with Crippen LogP contribution in [-0.2, 0) is 29.9 Å². The first-order valence-corrected chi connectivity index (χ1v) is 11.4. The van der Waals surface area contributed by atoms with Crippen molar-refractivity contribution in [2.75, 3.05) is 12.8 Å². The van der Waals surface area contributed by atoms with E-state index in [1.807, 2.05) is 29.1 Å². The molecule has 0 aliphatic heterocycles. The van der Waals surface area contributed by atoms with Gasteiger partial charge in [-0.2, -0.15) is 0 Å². The number of hydrogen-bond donors (Lipinski definition) is 1. The summed E-state index contributed by atoms with van der Waals surface area (Å²) < 4.78 is 26.5. The van der Waals surface area contributed by atoms with Gasteiger partial charge in [0.05, 0.1) is 29.4 Å². The van der Waals surface area contributed by atoms with Gasteiger partial charge in [-0.1, -0.05) is 11.6 Å². The molecule has 25 heavy (non-hydrogen) atoms. The molecule has 0 atom stereocenters. The van der Waals surface area contributed by atoms with E-state index in [4.69, 9.17) is 11.6 Å². The van der Waals surface area contributed by atoms with Gasteiger partial charge in [0, 0.05) is 23.8 Å². The summed E-state index contributed by atoms with van der Waals surface area (Å²) in [6.07, 6.45) is 4.12. The molecule has 0 saturated heterocycles. The highest BCUT2D eigenvalue weighted by Crippen LogP contribution is 2.30. The van der Waals surface area contributed by atoms with E-state index in [9.17, 15) is 8.42 Å². The summed E-state index contributed by atoms with van der Waals surface area (Å²) in [7, 11) is -1.26. The molecular formula is C15H17ClN4O2S3. The Hall–Kier alpha value is -1.26. The van der Waals surface area contributed by atoms with Crippen molar-refractivity contribution in [3.63, 3.8) is 0 Å². The zero-order valence-corrected chi connectivity index (χ0v) is 16.9. The van der Waals surface area contributed by atoms with Gasteiger partial charge in [-0.25, -0.2) is 23.1 Å². The van der Waals surface area contributed by atoms with Crippen molar-refractivity contribution in [2.45, 2.75) is 12.8 Å². The number of thiophene rings is 1. The Labute approximate surface area is 159 Å². The van der Waals surface area contributed by atoms with Gasteiger partial charge in [-0.3, -0.25) is 0 Å². The van der Waals surface area contributed by atoms with Crippen LogP contribution >= 0.6 is 34.3 Å². The Balaban J connectivity index is 1.65. The van der Waals surface area contributed by atoms with Crippen LogP contribution in [0.5, 0.6) is 0 Å². The van der Waals surface area contributed by atoms with Gasteiger partial charge in [0.25, 0.3) is 0 Å². The van der Waals surface area contributed by atoms with Crippen LogP contribution in [0.4, 0.5) is 0 Å². The minimum absolute atomic E-state index is 0.404. The van der Waals surface area contributed by atoms with Crippen molar-refractivity contribution in [3.05, 3.63) is 44.6 Å². The van der Waals surface area contributed by atoms with E-state index in [-0.39, 0.29) is 0 Å². The number of nitrogens with one attached hydrogen (secondary N) is 1. The van der Waals surface area contributed by atoms with Crippen molar-refractivity contribution in [3.8, 4) is 10.6 Å². The number of imidazole rings is 1. The van der Waals surface area contributed by atoms with Crippen LogP contribution in [-0.4, -0.2) is 35.8 Å². The lowest BCUT2D eigenvalue weighted by Crippen LogP contribution is -2.23. The fourth-order valence-corrected chi connectivity index (χ4v) is 4.69. The smallest absolute Gasteiger partial charge is 0.208 e. The Kier molecular flexibility index (Phi) is 5.59. The van der Waals surface area contributed by atoms with Crippen LogP contribution in [0.15, 0.2) is 23.7 Å². The first-order valence-electron chi connectivity index (χ1n) is 7.46. The second-order valence-corrected chi connectivity index (χ2v) is 9.87. The normalized spacial score (nSPS) is 12.0. The molecular weight excluding hydrogens is 400 g/mol. The SMILES string of the molecule is Cn1c(Cl)cnc1Cc1nc(-c2ccc(CCNS(C)(=O)=O)s2)cs1. The van der Waals surface area contributed by atoms with E-state index in [1.165, 1.54) is 6.26 Å². The Morgan fingerprint density at radius 1 is 1.36 bits per heavy atom. The average Bonchev–Trinajstić information content (AvgIpc) is 3.23. The number of sulfonamides is 1. The maximum absolute atomic E-state index is 11.1. The highest BCUT2D eigenvalue weighted by Gasteiger charge is 2.11. The standard InChI is InChI=1S/C15H17ClN4O2S3/c1-20-13(16)8-17-14(20)7-15-19-11(9-23-15)12-4-3-10(24-12)5-6-18-25(2,21)22/h3-4,8-9,18H,5-7H2,1-2H3. The zero-order valence-electron chi connectivity index (χ0n) is 13.7. The van der Waals surface area contributed by atoms with E-state index < -0.39 is 10.0 Å². The largest absolute Gasteiger partial charge is 0.322 e. The number of halogens is 1. The molecule has 3 heterocycles. The molecule has 3 aromatic rings. The second kappa shape index (κ2) is 7.55. The lowest BCUT2D eigenvalue weighted by atomic mass is 10.3. The molecule has 0 fully saturated rings. The Morgan fingerprint density at radius 2 is 2.16 bits per heavy atom. The van der Waals surface area contributed by atoms with Crippen molar-refractivity contribution < 1.29 is 8.42 Å². The van der Waals surface area contributed by atoms with Gasteiger partial charge in [-0.05, 0) is 18.6 Å². The zero-order chi connectivity index (χ0) is 18.0. The monoisotopic (exact) mass is 416 g/mol. The number of rotatable bonds is 7. The lowest BCUT2D eigenvalue weighted by Gasteiger charge is -1.99. The minimum Gasteiger partial charge on any atom is -0.322 e. The first-order chi connectivity index (χ1) is 11.8. The summed E-state index contributed by atoms with van der Waals surface area (Å²) in [4.78, 5) is 11.2. The Bertz CT molecular complexity index is 975. The summed E-state index contributed by atoms with van der Waals surface area (Å²) >= 11 is 9.24. The molecule has 0 spiro atoms. The molecule has 0 amide bonds. The van der Waals surface area contributed by atoms with Gasteiger partial charge in [-0.15, -0.1) is 22.7 Å². The van der Waals surface area contributed by atoms with Gasteiger partial charge >= 0.3 is 0 Å². The summed E-state index contributed by atoms with van der Waals surface area (Å²) in [6.45, 7) is 0.404. The molecule has 1 N–H and O–H groups in total. The van der Waals surface area contributed by atoms with Crippen molar-refractivity contribution in [2.24, 2.45) is 7.05 Å². The second-order valence-electron chi connectivity index (χ2n) is 5.54. The predicted molar refractivity (Wildman–Crippen MR) is 103 cm³/mol. The molecule has 0 aromatic carbocycles. The quantitative estimate of drug-likeness (QED) is 0.642. The van der Waals surface area contributed by atoms with Gasteiger partial charge in [0.1, 0.15) is 16.0 Å². The van der Waals surface area contributed by atoms with Crippen molar-refractivity contribution in [1.29, 1.82) is 0 Å². The van der Waals surface area contributed by atoms with Crippen LogP contribution in [0.25, 0.3) is 10.6 Å². The maximum Gasteiger partial charge on any atom is 0.208 e. The summed E-state index contributed by atoms with van der Waals surface area (Å²) in [5, 5.41) is 3.62. The molecule has 0 bridgehead atoms. The van der Waals surface area contributed by atoms with E-state index in [0.717, 1.165) is 26.3 Å². The van der Waals surface area contributed by atoms with Crippen LogP contribution in [0, 0.1) is 0 Å². The van der Waals surface area contributed by atoms with Gasteiger partial charge in [0.2, 0.25) is 10.0 Å². The molecule has 3 rings (SSSR count). The molecule has 0 aliphatic carbocycles. The molecule has 10 heteroatoms. The minimum atomic E-state index is -3.14. The fourth-order valence-electron chi connectivity index (χ4n) is 2.24. The molecule has 3 aromatic heterocycles. The molecule has 0 radical (unpaired) electrons. The molecule has 0 aliphatic rings. The van der Waals surface area contributed by atoms with Crippen molar-refractivity contribution >= 4 is 44.3 Å². The van der Waals surface area contributed by atoms with E-state index >= 15 is 0 Å². The van der Waals surface area contributed by atoms with Crippen LogP contribution in [0.3, 0.4) is 0 Å². The van der Waals surface area contributed by atoms with Crippen LogP contribution in [0.2, 0.25) is 5.15 Å². The number of thiazole rings is 1. The Morgan fingerprint density at radius 3 is 2.84 bits per heavy atom. The van der Waals surface area contributed by atoms with Gasteiger partial charge in [0.15, 0.2) is 0 Å². The van der Waals surface area contributed by atoms with Gasteiger partial charge < -0.3 is 4.57 Å². The number of hydrogen-bond acceptors (Lipinski definition) is 6. The predicted octanol–water partition coefficient (Wildman–Crippen LogP) is 2.94. The molecule has 134 valence electrons. The number of nitrogens with zero attached hydrogens (tertiary/aromatic N) is 3. The third kappa shape index (κ3) is 4.89. The lowest BCUT2D eigenvalue weighted by molar-refractivity contribution is 0.588. The van der Waals surface area contributed by atoms with E-state index in [1.54, 1.807) is 28.9 Å². The highest BCUT2D eigenvalue weighted by atomic mass is 35.5. The third-order valence-corrected chi connectivity index (χ3v) is 6.63. The topological polar surface area (TPSA) is 76.9 Å². The van der Waals surface area contributed by atoms with Crippen LogP contribution in [0.1, 0.15) is 15.7 Å². The molecule has 0 saturated carbocycles. The fraction of sp³-hybridized carbons (Fsp3) is 0.333. The van der Waals surface area contributed by atoms with Crippen molar-refractivity contribution in [1.82, 2.24) is 19.3 Å². The molecule has 6 nitrogen and oxygen atoms in total. The maximum atomic E-state index is 11.1. The third-order valence-electron chi connectivity index (χ3n) is 3.54. The van der Waals surface area contributed by atoms with E-state index in [2.05, 4.69) is 14.7 Å². The summed E-state index contributed by atoms with van der Waals surface area (Å²) in [5.41, 5.74) is 0.938. The highest BCUT2D eigenvalue weighted by molar-refractivity contribution is 7.88.